The first kappa shape index (κ1) is 28.2. The van der Waals surface area contributed by atoms with Gasteiger partial charge in [-0.2, -0.15) is 9.97 Å². The van der Waals surface area contributed by atoms with Crippen LogP contribution in [0.3, 0.4) is 0 Å². The summed E-state index contributed by atoms with van der Waals surface area (Å²) in [7, 11) is 0. The molecule has 4 atom stereocenters. The molecule has 7 rings (SSSR count). The van der Waals surface area contributed by atoms with E-state index in [-0.39, 0.29) is 45.3 Å². The standard InChI is InChI=1S/C33H36F2N4O4/c1-3-21-24(34)9-8-19-12-20(40)13-22(27(19)21)29-28(35)30-23(15-36-29)31(43-26-7-4-6-25(26)41)38-32(37-30)42-17-33-10-5-11-39(33)16-18(2)14-33/h8-9,12-13,15,18,25-26,40-41H,3-7,10-11,14,16-17H2,1-2H3/t18-,25?,26?,33+/m1/s1. The molecular weight excluding hydrogens is 554 g/mol. The molecule has 0 radical (unpaired) electrons. The highest BCUT2D eigenvalue weighted by atomic mass is 19.1. The zero-order chi connectivity index (χ0) is 29.9. The van der Waals surface area contributed by atoms with Crippen LogP contribution in [0.1, 0.15) is 57.9 Å². The summed E-state index contributed by atoms with van der Waals surface area (Å²) in [5, 5.41) is 22.3. The topological polar surface area (TPSA) is 101 Å². The molecule has 0 bridgehead atoms. The summed E-state index contributed by atoms with van der Waals surface area (Å²) < 4.78 is 43.9. The van der Waals surface area contributed by atoms with E-state index < -0.39 is 23.8 Å². The van der Waals surface area contributed by atoms with E-state index in [4.69, 9.17) is 9.47 Å². The van der Waals surface area contributed by atoms with Gasteiger partial charge in [0.05, 0.1) is 17.0 Å². The van der Waals surface area contributed by atoms with Crippen LogP contribution in [-0.2, 0) is 6.42 Å². The fourth-order valence-corrected chi connectivity index (χ4v) is 7.59. The van der Waals surface area contributed by atoms with Crippen LogP contribution < -0.4 is 9.47 Å². The van der Waals surface area contributed by atoms with E-state index in [9.17, 15) is 14.6 Å². The van der Waals surface area contributed by atoms with E-state index in [0.29, 0.717) is 48.1 Å². The Morgan fingerprint density at radius 3 is 2.79 bits per heavy atom. The van der Waals surface area contributed by atoms with Crippen molar-refractivity contribution < 1.29 is 28.5 Å². The van der Waals surface area contributed by atoms with Crippen LogP contribution in [0.5, 0.6) is 17.6 Å². The number of pyridine rings is 1. The number of aliphatic hydroxyl groups is 1. The summed E-state index contributed by atoms with van der Waals surface area (Å²) in [6, 6.07) is 5.83. The number of aryl methyl sites for hydroxylation is 1. The highest BCUT2D eigenvalue weighted by Gasteiger charge is 2.47. The minimum Gasteiger partial charge on any atom is -0.508 e. The molecule has 4 heterocycles. The van der Waals surface area contributed by atoms with Gasteiger partial charge in [-0.05, 0) is 91.9 Å². The molecule has 0 spiro atoms. The Labute approximate surface area is 248 Å². The lowest BCUT2D eigenvalue weighted by atomic mass is 9.92. The van der Waals surface area contributed by atoms with E-state index >= 15 is 4.39 Å². The molecule has 2 aliphatic heterocycles. The van der Waals surface area contributed by atoms with Crippen LogP contribution >= 0.6 is 0 Å². The van der Waals surface area contributed by atoms with Gasteiger partial charge < -0.3 is 19.7 Å². The van der Waals surface area contributed by atoms with Crippen LogP contribution in [-0.4, -0.2) is 67.5 Å². The van der Waals surface area contributed by atoms with Gasteiger partial charge in [-0.25, -0.2) is 8.78 Å². The second kappa shape index (κ2) is 10.8. The van der Waals surface area contributed by atoms with Crippen molar-refractivity contribution in [3.05, 3.63) is 47.7 Å². The Hall–Kier alpha value is -3.63. The van der Waals surface area contributed by atoms with Gasteiger partial charge in [0.25, 0.3) is 0 Å². The number of hydrogen-bond acceptors (Lipinski definition) is 8. The molecule has 1 saturated carbocycles. The average molecular weight is 591 g/mol. The van der Waals surface area contributed by atoms with Gasteiger partial charge in [0.1, 0.15) is 35.5 Å². The molecule has 3 fully saturated rings. The Bertz CT molecular complexity index is 1720. The predicted octanol–water partition coefficient (Wildman–Crippen LogP) is 5.94. The van der Waals surface area contributed by atoms with Crippen LogP contribution in [0.15, 0.2) is 30.5 Å². The lowest BCUT2D eigenvalue weighted by molar-refractivity contribution is 0.0571. The Kier molecular flexibility index (Phi) is 7.09. The normalized spacial score (nSPS) is 25.6. The number of ether oxygens (including phenoxy) is 2. The maximum atomic E-state index is 16.6. The van der Waals surface area contributed by atoms with Crippen molar-refractivity contribution in [2.45, 2.75) is 76.5 Å². The molecule has 2 aromatic heterocycles. The number of aromatic hydroxyl groups is 1. The second-order valence-electron chi connectivity index (χ2n) is 12.5. The van der Waals surface area contributed by atoms with Crippen LogP contribution in [0.4, 0.5) is 8.78 Å². The fourth-order valence-electron chi connectivity index (χ4n) is 7.59. The average Bonchev–Trinajstić information content (AvgIpc) is 3.65. The Morgan fingerprint density at radius 2 is 2.00 bits per heavy atom. The number of fused-ring (bicyclic) bond motifs is 3. The number of rotatable bonds is 7. The zero-order valence-electron chi connectivity index (χ0n) is 24.4. The molecule has 8 nitrogen and oxygen atoms in total. The van der Waals surface area contributed by atoms with E-state index in [0.717, 1.165) is 38.8 Å². The summed E-state index contributed by atoms with van der Waals surface area (Å²) in [6.07, 6.45) is 5.88. The summed E-state index contributed by atoms with van der Waals surface area (Å²) in [5.41, 5.74) is 0.454. The molecule has 1 aliphatic carbocycles. The molecule has 3 aliphatic rings. The Balaban J connectivity index is 1.36. The molecule has 2 saturated heterocycles. The number of aromatic nitrogens is 3. The smallest absolute Gasteiger partial charge is 0.320 e. The summed E-state index contributed by atoms with van der Waals surface area (Å²) in [5.74, 6) is -0.589. The first-order valence-corrected chi connectivity index (χ1v) is 15.3. The monoisotopic (exact) mass is 590 g/mol. The van der Waals surface area contributed by atoms with Crippen molar-refractivity contribution in [3.63, 3.8) is 0 Å². The number of benzene rings is 2. The number of phenols is 1. The van der Waals surface area contributed by atoms with Crippen molar-refractivity contribution in [1.29, 1.82) is 0 Å². The number of halogens is 2. The van der Waals surface area contributed by atoms with Gasteiger partial charge in [0, 0.05) is 18.3 Å². The number of phenolic OH excluding ortho intramolecular Hbond substituents is 1. The third kappa shape index (κ3) is 4.84. The summed E-state index contributed by atoms with van der Waals surface area (Å²) in [6.45, 7) is 6.51. The van der Waals surface area contributed by atoms with E-state index in [1.165, 1.54) is 24.4 Å². The van der Waals surface area contributed by atoms with Gasteiger partial charge in [0.15, 0.2) is 5.82 Å². The molecule has 2 N–H and O–H groups in total. The minimum absolute atomic E-state index is 0.00660. The van der Waals surface area contributed by atoms with Crippen molar-refractivity contribution in [3.8, 4) is 28.9 Å². The van der Waals surface area contributed by atoms with Crippen LogP contribution in [0.25, 0.3) is 32.9 Å². The van der Waals surface area contributed by atoms with E-state index in [2.05, 4.69) is 26.8 Å². The summed E-state index contributed by atoms with van der Waals surface area (Å²) >= 11 is 0. The molecule has 43 heavy (non-hydrogen) atoms. The van der Waals surface area contributed by atoms with Gasteiger partial charge in [-0.1, -0.05) is 19.9 Å². The van der Waals surface area contributed by atoms with Gasteiger partial charge in [-0.3, -0.25) is 9.88 Å². The van der Waals surface area contributed by atoms with Crippen molar-refractivity contribution in [1.82, 2.24) is 19.9 Å². The van der Waals surface area contributed by atoms with Crippen LogP contribution in [0, 0.1) is 17.6 Å². The highest BCUT2D eigenvalue weighted by Crippen LogP contribution is 2.43. The first-order chi connectivity index (χ1) is 20.8. The lowest BCUT2D eigenvalue weighted by Gasteiger charge is -2.31. The maximum Gasteiger partial charge on any atom is 0.320 e. The number of nitrogens with zero attached hydrogens (tertiary/aromatic N) is 4. The molecule has 0 amide bonds. The quantitative estimate of drug-likeness (QED) is 0.273. The molecular formula is C33H36F2N4O4. The molecule has 2 aromatic carbocycles. The van der Waals surface area contributed by atoms with Crippen LogP contribution in [0.2, 0.25) is 0 Å². The first-order valence-electron chi connectivity index (χ1n) is 15.3. The van der Waals surface area contributed by atoms with Gasteiger partial charge in [-0.15, -0.1) is 0 Å². The summed E-state index contributed by atoms with van der Waals surface area (Å²) in [4.78, 5) is 16.0. The van der Waals surface area contributed by atoms with Crippen molar-refractivity contribution in [2.24, 2.45) is 5.92 Å². The molecule has 4 aromatic rings. The third-order valence-electron chi connectivity index (χ3n) is 9.54. The number of aliphatic hydroxyl groups excluding tert-OH is 1. The van der Waals surface area contributed by atoms with Crippen molar-refractivity contribution >= 4 is 21.7 Å². The maximum absolute atomic E-state index is 16.6. The molecule has 10 heteroatoms. The van der Waals surface area contributed by atoms with E-state index in [1.54, 1.807) is 6.07 Å². The zero-order valence-corrected chi connectivity index (χ0v) is 24.4. The number of hydrogen-bond donors (Lipinski definition) is 2. The molecule has 2 unspecified atom stereocenters. The van der Waals surface area contributed by atoms with Crippen molar-refractivity contribution in [2.75, 3.05) is 19.7 Å². The van der Waals surface area contributed by atoms with Gasteiger partial charge in [0.2, 0.25) is 5.88 Å². The lowest BCUT2D eigenvalue weighted by Crippen LogP contribution is -2.43. The second-order valence-corrected chi connectivity index (χ2v) is 12.5. The SMILES string of the molecule is CCc1c(F)ccc2cc(O)cc(-c3ncc4c(OC5CCCC5O)nc(OC[C@@]56CCCN5C[C@H](C)C6)nc4c3F)c12. The van der Waals surface area contributed by atoms with Gasteiger partial charge >= 0.3 is 6.01 Å². The Morgan fingerprint density at radius 1 is 1.14 bits per heavy atom. The largest absolute Gasteiger partial charge is 0.508 e. The predicted molar refractivity (Wildman–Crippen MR) is 158 cm³/mol. The van der Waals surface area contributed by atoms with E-state index in [1.807, 2.05) is 6.92 Å². The fraction of sp³-hybridized carbons (Fsp3) is 0.485. The highest BCUT2D eigenvalue weighted by molar-refractivity contribution is 6.01. The molecule has 226 valence electrons. The minimum atomic E-state index is -0.755. The third-order valence-corrected chi connectivity index (χ3v) is 9.54.